The molecule has 1 aliphatic heterocycles. The Bertz CT molecular complexity index is 420. The molecular formula is C16H24N2. The van der Waals surface area contributed by atoms with Gasteiger partial charge < -0.3 is 5.73 Å². The van der Waals surface area contributed by atoms with Gasteiger partial charge in [-0.2, -0.15) is 0 Å². The van der Waals surface area contributed by atoms with Crippen LogP contribution in [0.2, 0.25) is 0 Å². The van der Waals surface area contributed by atoms with Gasteiger partial charge in [0.15, 0.2) is 0 Å². The molecule has 1 heterocycles. The quantitative estimate of drug-likeness (QED) is 0.886. The molecule has 2 bridgehead atoms. The molecular weight excluding hydrogens is 220 g/mol. The highest BCUT2D eigenvalue weighted by molar-refractivity contribution is 5.31. The van der Waals surface area contributed by atoms with E-state index in [4.69, 9.17) is 5.73 Å². The maximum atomic E-state index is 6.07. The maximum absolute atomic E-state index is 6.07. The average molecular weight is 244 g/mol. The molecule has 3 rings (SSSR count). The van der Waals surface area contributed by atoms with Crippen LogP contribution in [-0.2, 0) is 0 Å². The SMILES string of the molecule is Cc1cc(C)cc(C(CN)N2CC3CCC2C3)c1. The highest BCUT2D eigenvalue weighted by Crippen LogP contribution is 2.41. The second-order valence-electron chi connectivity index (χ2n) is 6.20. The molecule has 18 heavy (non-hydrogen) atoms. The van der Waals surface area contributed by atoms with Gasteiger partial charge in [0, 0.05) is 25.2 Å². The topological polar surface area (TPSA) is 29.3 Å². The molecule has 2 N–H and O–H groups in total. The Morgan fingerprint density at radius 3 is 2.44 bits per heavy atom. The van der Waals surface area contributed by atoms with E-state index in [1.807, 2.05) is 0 Å². The summed E-state index contributed by atoms with van der Waals surface area (Å²) in [6.45, 7) is 6.37. The molecule has 3 atom stereocenters. The van der Waals surface area contributed by atoms with E-state index in [0.29, 0.717) is 6.04 Å². The van der Waals surface area contributed by atoms with Gasteiger partial charge in [0.05, 0.1) is 0 Å². The van der Waals surface area contributed by atoms with Crippen molar-refractivity contribution in [3.05, 3.63) is 34.9 Å². The van der Waals surface area contributed by atoms with Crippen LogP contribution >= 0.6 is 0 Å². The fourth-order valence-corrected chi connectivity index (χ4v) is 4.01. The first-order chi connectivity index (χ1) is 8.67. The summed E-state index contributed by atoms with van der Waals surface area (Å²) in [7, 11) is 0. The third-order valence-corrected chi connectivity index (χ3v) is 4.70. The molecule has 2 nitrogen and oxygen atoms in total. The first-order valence-electron chi connectivity index (χ1n) is 7.21. The molecule has 98 valence electrons. The molecule has 1 aromatic carbocycles. The molecule has 1 saturated heterocycles. The summed E-state index contributed by atoms with van der Waals surface area (Å²) in [4.78, 5) is 2.67. The predicted octanol–water partition coefficient (Wildman–Crippen LogP) is 2.79. The van der Waals surface area contributed by atoms with Gasteiger partial charge in [0.2, 0.25) is 0 Å². The van der Waals surface area contributed by atoms with E-state index in [9.17, 15) is 0 Å². The van der Waals surface area contributed by atoms with Gasteiger partial charge in [0.1, 0.15) is 0 Å². The summed E-state index contributed by atoms with van der Waals surface area (Å²) in [6.07, 6.45) is 4.22. The first-order valence-corrected chi connectivity index (χ1v) is 7.21. The second-order valence-corrected chi connectivity index (χ2v) is 6.20. The van der Waals surface area contributed by atoms with Crippen LogP contribution in [0.5, 0.6) is 0 Å². The van der Waals surface area contributed by atoms with Crippen LogP contribution in [0.4, 0.5) is 0 Å². The Morgan fingerprint density at radius 2 is 1.94 bits per heavy atom. The molecule has 0 spiro atoms. The number of nitrogens with zero attached hydrogens (tertiary/aromatic N) is 1. The van der Waals surface area contributed by atoms with Crippen molar-refractivity contribution >= 4 is 0 Å². The number of rotatable bonds is 3. The third-order valence-electron chi connectivity index (χ3n) is 4.70. The van der Waals surface area contributed by atoms with Crippen molar-refractivity contribution in [1.82, 2.24) is 4.90 Å². The van der Waals surface area contributed by atoms with Crippen molar-refractivity contribution in [2.75, 3.05) is 13.1 Å². The van der Waals surface area contributed by atoms with Crippen LogP contribution in [0.25, 0.3) is 0 Å². The van der Waals surface area contributed by atoms with Crippen molar-refractivity contribution in [3.63, 3.8) is 0 Å². The Morgan fingerprint density at radius 1 is 1.22 bits per heavy atom. The zero-order valence-corrected chi connectivity index (χ0v) is 11.5. The van der Waals surface area contributed by atoms with Crippen molar-refractivity contribution in [1.29, 1.82) is 0 Å². The molecule has 0 radical (unpaired) electrons. The molecule has 2 aliphatic rings. The minimum atomic E-state index is 0.430. The lowest BCUT2D eigenvalue weighted by Gasteiger charge is -2.35. The minimum absolute atomic E-state index is 0.430. The summed E-state index contributed by atoms with van der Waals surface area (Å²) in [5.41, 5.74) is 10.2. The third kappa shape index (κ3) is 2.08. The summed E-state index contributed by atoms with van der Waals surface area (Å²) in [6, 6.07) is 8.10. The molecule has 2 fully saturated rings. The van der Waals surface area contributed by atoms with E-state index < -0.39 is 0 Å². The van der Waals surface area contributed by atoms with E-state index in [1.54, 1.807) is 0 Å². The smallest absolute Gasteiger partial charge is 0.0473 e. The number of fused-ring (bicyclic) bond motifs is 2. The number of benzene rings is 1. The Kier molecular flexibility index (Phi) is 3.16. The van der Waals surface area contributed by atoms with Crippen LogP contribution in [0.1, 0.15) is 42.0 Å². The molecule has 1 aliphatic carbocycles. The monoisotopic (exact) mass is 244 g/mol. The second kappa shape index (κ2) is 4.67. The summed E-state index contributed by atoms with van der Waals surface area (Å²) in [5.74, 6) is 0.940. The van der Waals surface area contributed by atoms with Crippen LogP contribution in [0.3, 0.4) is 0 Å². The Labute approximate surface area is 110 Å². The number of hydrogen-bond donors (Lipinski definition) is 1. The zero-order valence-electron chi connectivity index (χ0n) is 11.5. The zero-order chi connectivity index (χ0) is 12.7. The average Bonchev–Trinajstić information content (AvgIpc) is 2.90. The fourth-order valence-electron chi connectivity index (χ4n) is 4.01. The Balaban J connectivity index is 1.87. The van der Waals surface area contributed by atoms with Crippen LogP contribution in [0, 0.1) is 19.8 Å². The lowest BCUT2D eigenvalue weighted by Crippen LogP contribution is -2.39. The van der Waals surface area contributed by atoms with Gasteiger partial charge in [-0.1, -0.05) is 29.3 Å². The first kappa shape index (κ1) is 12.2. The van der Waals surface area contributed by atoms with E-state index in [2.05, 4.69) is 36.9 Å². The molecule has 0 aromatic heterocycles. The Hall–Kier alpha value is -0.860. The number of aryl methyl sites for hydroxylation is 2. The number of likely N-dealkylation sites (tertiary alicyclic amines) is 1. The van der Waals surface area contributed by atoms with Gasteiger partial charge in [-0.3, -0.25) is 4.90 Å². The standard InChI is InChI=1S/C16H24N2/c1-11-5-12(2)7-14(6-11)16(9-17)18-10-13-3-4-15(18)8-13/h5-7,13,15-16H,3-4,8-10,17H2,1-2H3. The lowest BCUT2D eigenvalue weighted by atomic mass is 9.98. The van der Waals surface area contributed by atoms with Gasteiger partial charge in [-0.15, -0.1) is 0 Å². The molecule has 0 amide bonds. The minimum Gasteiger partial charge on any atom is -0.329 e. The van der Waals surface area contributed by atoms with Crippen molar-refractivity contribution in [2.24, 2.45) is 11.7 Å². The summed E-state index contributed by atoms with van der Waals surface area (Å²) < 4.78 is 0. The van der Waals surface area contributed by atoms with Crippen molar-refractivity contribution < 1.29 is 0 Å². The number of nitrogens with two attached hydrogens (primary N) is 1. The van der Waals surface area contributed by atoms with Crippen LogP contribution < -0.4 is 5.73 Å². The van der Waals surface area contributed by atoms with E-state index in [-0.39, 0.29) is 0 Å². The number of piperidine rings is 1. The van der Waals surface area contributed by atoms with E-state index in [0.717, 1.165) is 18.5 Å². The lowest BCUT2D eigenvalue weighted by molar-refractivity contribution is 0.153. The van der Waals surface area contributed by atoms with Crippen LogP contribution in [-0.4, -0.2) is 24.0 Å². The summed E-state index contributed by atoms with van der Waals surface area (Å²) in [5, 5.41) is 0. The largest absolute Gasteiger partial charge is 0.329 e. The molecule has 1 aromatic rings. The molecule has 3 unspecified atom stereocenters. The van der Waals surface area contributed by atoms with Gasteiger partial charge in [0.25, 0.3) is 0 Å². The van der Waals surface area contributed by atoms with Gasteiger partial charge in [-0.25, -0.2) is 0 Å². The van der Waals surface area contributed by atoms with Gasteiger partial charge in [-0.05, 0) is 44.6 Å². The van der Waals surface area contributed by atoms with Crippen molar-refractivity contribution in [3.8, 4) is 0 Å². The highest BCUT2D eigenvalue weighted by atomic mass is 15.2. The van der Waals surface area contributed by atoms with Crippen molar-refractivity contribution in [2.45, 2.75) is 45.2 Å². The van der Waals surface area contributed by atoms with Crippen LogP contribution in [0.15, 0.2) is 18.2 Å². The van der Waals surface area contributed by atoms with Gasteiger partial charge >= 0.3 is 0 Å². The molecule has 2 heteroatoms. The summed E-state index contributed by atoms with van der Waals surface area (Å²) >= 11 is 0. The normalized spacial score (nSPS) is 28.8. The highest BCUT2D eigenvalue weighted by Gasteiger charge is 2.40. The maximum Gasteiger partial charge on any atom is 0.0473 e. The molecule has 1 saturated carbocycles. The van der Waals surface area contributed by atoms with E-state index in [1.165, 1.54) is 42.5 Å². The number of hydrogen-bond acceptors (Lipinski definition) is 2. The predicted molar refractivity (Wildman–Crippen MR) is 75.5 cm³/mol. The fraction of sp³-hybridized carbons (Fsp3) is 0.625. The van der Waals surface area contributed by atoms with E-state index >= 15 is 0 Å².